The summed E-state index contributed by atoms with van der Waals surface area (Å²) < 4.78 is 36.8. The molecule has 6 nitrogen and oxygen atoms in total. The fraction of sp³-hybridized carbons (Fsp3) is 0.300. The summed E-state index contributed by atoms with van der Waals surface area (Å²) in [6.45, 7) is 6.60. The molecule has 1 saturated heterocycles. The molecule has 1 fully saturated rings. The monoisotopic (exact) mass is 577 g/mol. The Morgan fingerprint density at radius 1 is 1.14 bits per heavy atom. The number of aromatic nitrogens is 3. The van der Waals surface area contributed by atoms with Crippen LogP contribution in [0.2, 0.25) is 0 Å². The number of rotatable bonds is 3. The second kappa shape index (κ2) is 11.7. The normalized spacial score (nSPS) is 13.7. The summed E-state index contributed by atoms with van der Waals surface area (Å²) in [7, 11) is 0. The van der Waals surface area contributed by atoms with Crippen LogP contribution in [0.1, 0.15) is 19.8 Å². The molecule has 0 saturated carbocycles. The van der Waals surface area contributed by atoms with E-state index in [1.165, 1.54) is 12.3 Å². The number of hydrogen-bond donors (Lipinski definition) is 1. The van der Waals surface area contributed by atoms with E-state index in [1.807, 2.05) is 0 Å². The SMILES string of the molecule is Fc1cnc(NC2CC[N-]CC2)nc1-c1cc(F)c2ncccc2c1.[CH2-]C.[O]=[Os]. The first kappa shape index (κ1) is 23.0. The number of piperidine rings is 1. The molecule has 156 valence electrons. The molecular weight excluding hydrogens is 554 g/mol. The second-order valence-electron chi connectivity index (χ2n) is 6.01. The number of hydrogen-bond acceptors (Lipinski definition) is 5. The van der Waals surface area contributed by atoms with Crippen LogP contribution in [0.25, 0.3) is 27.5 Å². The van der Waals surface area contributed by atoms with Crippen LogP contribution in [0, 0.1) is 18.6 Å². The van der Waals surface area contributed by atoms with Gasteiger partial charge in [0.05, 0.1) is 6.20 Å². The molecule has 1 aliphatic rings. The first-order valence-electron chi connectivity index (χ1n) is 9.03. The zero-order valence-electron chi connectivity index (χ0n) is 15.9. The molecular formula is C20H21F2N5OOs-2. The zero-order chi connectivity index (χ0) is 21.2. The molecule has 1 aromatic carbocycles. The van der Waals surface area contributed by atoms with E-state index in [0.717, 1.165) is 32.1 Å². The van der Waals surface area contributed by atoms with E-state index in [9.17, 15) is 8.78 Å². The number of fused-ring (bicyclic) bond motifs is 1. The van der Waals surface area contributed by atoms with Crippen LogP contribution in [0.3, 0.4) is 0 Å². The van der Waals surface area contributed by atoms with Crippen molar-refractivity contribution in [3.63, 3.8) is 0 Å². The summed E-state index contributed by atoms with van der Waals surface area (Å²) in [5.74, 6) is -0.753. The number of nitrogens with one attached hydrogen (secondary N) is 1. The molecule has 3 aromatic rings. The van der Waals surface area contributed by atoms with Gasteiger partial charge < -0.3 is 17.6 Å². The van der Waals surface area contributed by atoms with Gasteiger partial charge in [-0.25, -0.2) is 18.7 Å². The van der Waals surface area contributed by atoms with Gasteiger partial charge in [-0.2, -0.15) is 6.92 Å². The maximum absolute atomic E-state index is 14.3. The number of pyridine rings is 1. The van der Waals surface area contributed by atoms with Gasteiger partial charge in [0, 0.05) is 23.2 Å². The van der Waals surface area contributed by atoms with E-state index in [-0.39, 0.29) is 17.3 Å². The Kier molecular flexibility index (Phi) is 9.29. The molecule has 0 radical (unpaired) electrons. The van der Waals surface area contributed by atoms with Gasteiger partial charge in [0.25, 0.3) is 0 Å². The van der Waals surface area contributed by atoms with Crippen molar-refractivity contribution in [3.8, 4) is 11.3 Å². The van der Waals surface area contributed by atoms with Gasteiger partial charge in [0.15, 0.2) is 5.82 Å². The van der Waals surface area contributed by atoms with E-state index in [0.29, 0.717) is 35.5 Å². The Hall–Kier alpha value is -2.23. The third-order valence-corrected chi connectivity index (χ3v) is 4.28. The van der Waals surface area contributed by atoms with E-state index < -0.39 is 11.6 Å². The van der Waals surface area contributed by atoms with Crippen molar-refractivity contribution in [3.05, 3.63) is 60.5 Å². The number of benzene rings is 1. The Labute approximate surface area is 178 Å². The molecule has 1 N–H and O–H groups in total. The molecule has 0 atom stereocenters. The topological polar surface area (TPSA) is 81.9 Å². The van der Waals surface area contributed by atoms with Gasteiger partial charge in [-0.15, -0.1) is 13.1 Å². The summed E-state index contributed by atoms with van der Waals surface area (Å²) in [5.41, 5.74) is 0.687. The van der Waals surface area contributed by atoms with Gasteiger partial charge in [-0.1, -0.05) is 18.9 Å². The first-order chi connectivity index (χ1) is 14.2. The molecule has 29 heavy (non-hydrogen) atoms. The molecule has 0 amide bonds. The van der Waals surface area contributed by atoms with Crippen LogP contribution in [0.4, 0.5) is 14.7 Å². The second-order valence-corrected chi connectivity index (χ2v) is 6.01. The van der Waals surface area contributed by atoms with Crippen molar-refractivity contribution in [1.29, 1.82) is 0 Å². The van der Waals surface area contributed by atoms with Crippen LogP contribution in [-0.4, -0.2) is 34.1 Å². The van der Waals surface area contributed by atoms with Gasteiger partial charge in [-0.3, -0.25) is 4.98 Å². The predicted octanol–water partition coefficient (Wildman–Crippen LogP) is 4.64. The average Bonchev–Trinajstić information content (AvgIpc) is 2.78. The molecule has 0 bridgehead atoms. The van der Waals surface area contributed by atoms with Crippen molar-refractivity contribution in [2.24, 2.45) is 0 Å². The molecule has 4 rings (SSSR count). The Morgan fingerprint density at radius 2 is 1.86 bits per heavy atom. The fourth-order valence-electron chi connectivity index (χ4n) is 3.00. The van der Waals surface area contributed by atoms with Crippen LogP contribution in [0.15, 0.2) is 36.7 Å². The third-order valence-electron chi connectivity index (χ3n) is 4.28. The van der Waals surface area contributed by atoms with Gasteiger partial charge in [-0.05, 0) is 18.2 Å². The van der Waals surface area contributed by atoms with E-state index >= 15 is 0 Å². The maximum atomic E-state index is 14.3. The summed E-state index contributed by atoms with van der Waals surface area (Å²) >= 11 is 0.611. The minimum absolute atomic E-state index is 0.0719. The average molecular weight is 576 g/mol. The van der Waals surface area contributed by atoms with E-state index in [4.69, 9.17) is 3.54 Å². The van der Waals surface area contributed by atoms with Crippen molar-refractivity contribution in [2.75, 3.05) is 18.4 Å². The molecule has 9 heteroatoms. The van der Waals surface area contributed by atoms with Crippen molar-refractivity contribution in [1.82, 2.24) is 15.0 Å². The van der Waals surface area contributed by atoms with Gasteiger partial charge in [0.1, 0.15) is 17.0 Å². The Bertz CT molecular complexity index is 938. The summed E-state index contributed by atoms with van der Waals surface area (Å²) in [6.07, 6.45) is 4.43. The van der Waals surface area contributed by atoms with Gasteiger partial charge >= 0.3 is 22.1 Å². The molecule has 3 heterocycles. The molecule has 1 aliphatic heterocycles. The predicted molar refractivity (Wildman–Crippen MR) is 104 cm³/mol. The van der Waals surface area contributed by atoms with Crippen LogP contribution >= 0.6 is 0 Å². The van der Waals surface area contributed by atoms with Crippen molar-refractivity contribution >= 4 is 16.9 Å². The molecule has 0 spiro atoms. The standard InChI is InChI=1S/C18H16F2N5.C2H5.O.Os/c19-14-9-12(8-11-2-1-5-22-16(11)14)17-15(20)10-23-18(25-17)24-13-3-6-21-7-4-13;1-2;;/h1-2,5,8-10,13H,3-4,6-7H2,(H,23,24,25);1H2,2H3;;/q2*-1;;. The van der Waals surface area contributed by atoms with E-state index in [1.54, 1.807) is 25.1 Å². The van der Waals surface area contributed by atoms with Crippen molar-refractivity contribution < 1.29 is 30.9 Å². The van der Waals surface area contributed by atoms with Crippen LogP contribution < -0.4 is 5.32 Å². The number of halogens is 2. The summed E-state index contributed by atoms with van der Waals surface area (Å²) in [6, 6.07) is 6.60. The summed E-state index contributed by atoms with van der Waals surface area (Å²) in [4.78, 5) is 12.3. The fourth-order valence-corrected chi connectivity index (χ4v) is 3.00. The zero-order valence-corrected chi connectivity index (χ0v) is 18.4. The van der Waals surface area contributed by atoms with Crippen molar-refractivity contribution in [2.45, 2.75) is 25.8 Å². The Balaban J connectivity index is 0.000000707. The number of anilines is 1. The minimum atomic E-state index is -0.591. The van der Waals surface area contributed by atoms with Crippen LogP contribution in [-0.2, 0) is 22.1 Å². The third kappa shape index (κ3) is 5.88. The number of nitrogens with zero attached hydrogens (tertiary/aromatic N) is 4. The van der Waals surface area contributed by atoms with Gasteiger partial charge in [0.2, 0.25) is 5.95 Å². The summed E-state index contributed by atoms with van der Waals surface area (Å²) in [5, 5.41) is 8.11. The quantitative estimate of drug-likeness (QED) is 0.461. The molecule has 0 unspecified atom stereocenters. The van der Waals surface area contributed by atoms with E-state index in [2.05, 4.69) is 32.5 Å². The van der Waals surface area contributed by atoms with Crippen LogP contribution in [0.5, 0.6) is 0 Å². The first-order valence-corrected chi connectivity index (χ1v) is 10.1. The molecule has 2 aromatic heterocycles. The molecule has 0 aliphatic carbocycles. The Morgan fingerprint density at radius 3 is 2.59 bits per heavy atom.